The lowest BCUT2D eigenvalue weighted by molar-refractivity contribution is 0.0107. The van der Waals surface area contributed by atoms with Crippen molar-refractivity contribution in [2.24, 2.45) is 0 Å². The SMILES string of the molecule is Cc1ccc(C)c(CC2(O)CCNCC2)c1. The van der Waals surface area contributed by atoms with Crippen LogP contribution in [-0.2, 0) is 6.42 Å². The molecule has 0 unspecified atom stereocenters. The molecule has 2 heteroatoms. The van der Waals surface area contributed by atoms with Gasteiger partial charge < -0.3 is 10.4 Å². The second-order valence-corrected chi connectivity index (χ2v) is 5.08. The Morgan fingerprint density at radius 3 is 2.62 bits per heavy atom. The minimum Gasteiger partial charge on any atom is -0.389 e. The van der Waals surface area contributed by atoms with Gasteiger partial charge in [0.1, 0.15) is 0 Å². The third kappa shape index (κ3) is 2.63. The van der Waals surface area contributed by atoms with Gasteiger partial charge >= 0.3 is 0 Å². The molecule has 16 heavy (non-hydrogen) atoms. The van der Waals surface area contributed by atoms with E-state index in [1.165, 1.54) is 16.7 Å². The first-order chi connectivity index (χ1) is 7.59. The lowest BCUT2D eigenvalue weighted by Gasteiger charge is -2.33. The molecule has 0 atom stereocenters. The standard InChI is InChI=1S/C14H21NO/c1-11-3-4-12(2)13(9-11)10-14(16)5-7-15-8-6-14/h3-4,9,15-16H,5-8,10H2,1-2H3. The molecule has 0 radical (unpaired) electrons. The Morgan fingerprint density at radius 2 is 1.94 bits per heavy atom. The van der Waals surface area contributed by atoms with E-state index in [9.17, 15) is 5.11 Å². The van der Waals surface area contributed by atoms with Crippen LogP contribution in [0.2, 0.25) is 0 Å². The molecule has 88 valence electrons. The number of nitrogens with one attached hydrogen (secondary N) is 1. The van der Waals surface area contributed by atoms with Crippen molar-refractivity contribution in [2.45, 2.75) is 38.7 Å². The van der Waals surface area contributed by atoms with Crippen molar-refractivity contribution in [1.29, 1.82) is 0 Å². The van der Waals surface area contributed by atoms with Gasteiger partial charge in [-0.15, -0.1) is 0 Å². The average molecular weight is 219 g/mol. The van der Waals surface area contributed by atoms with Crippen molar-refractivity contribution in [3.8, 4) is 0 Å². The Labute approximate surface area is 97.7 Å². The van der Waals surface area contributed by atoms with Crippen molar-refractivity contribution in [3.05, 3.63) is 34.9 Å². The Morgan fingerprint density at radius 1 is 1.25 bits per heavy atom. The van der Waals surface area contributed by atoms with Crippen LogP contribution in [0.25, 0.3) is 0 Å². The molecule has 1 aromatic rings. The summed E-state index contributed by atoms with van der Waals surface area (Å²) >= 11 is 0. The van der Waals surface area contributed by atoms with Gasteiger partial charge in [-0.05, 0) is 50.9 Å². The summed E-state index contributed by atoms with van der Waals surface area (Å²) in [5.74, 6) is 0. The van der Waals surface area contributed by atoms with Crippen LogP contribution in [0.5, 0.6) is 0 Å². The minimum absolute atomic E-state index is 0.496. The monoisotopic (exact) mass is 219 g/mol. The molecule has 0 saturated carbocycles. The maximum absolute atomic E-state index is 10.5. The summed E-state index contributed by atoms with van der Waals surface area (Å²) in [6.07, 6.45) is 2.52. The summed E-state index contributed by atoms with van der Waals surface area (Å²) < 4.78 is 0. The van der Waals surface area contributed by atoms with Crippen molar-refractivity contribution < 1.29 is 5.11 Å². The summed E-state index contributed by atoms with van der Waals surface area (Å²) in [6.45, 7) is 6.09. The summed E-state index contributed by atoms with van der Waals surface area (Å²) in [4.78, 5) is 0. The van der Waals surface area contributed by atoms with E-state index in [-0.39, 0.29) is 0 Å². The summed E-state index contributed by atoms with van der Waals surface area (Å²) in [5.41, 5.74) is 3.36. The Bertz CT molecular complexity index is 367. The summed E-state index contributed by atoms with van der Waals surface area (Å²) in [7, 11) is 0. The zero-order valence-electron chi connectivity index (χ0n) is 10.2. The van der Waals surface area contributed by atoms with Crippen LogP contribution in [0.15, 0.2) is 18.2 Å². The molecule has 2 rings (SSSR count). The highest BCUT2D eigenvalue weighted by molar-refractivity contribution is 5.31. The maximum atomic E-state index is 10.5. The van der Waals surface area contributed by atoms with Crippen molar-refractivity contribution in [1.82, 2.24) is 5.32 Å². The molecule has 1 aliphatic rings. The van der Waals surface area contributed by atoms with E-state index < -0.39 is 5.60 Å². The molecule has 0 aliphatic carbocycles. The second-order valence-electron chi connectivity index (χ2n) is 5.08. The highest BCUT2D eigenvalue weighted by atomic mass is 16.3. The van der Waals surface area contributed by atoms with Crippen molar-refractivity contribution >= 4 is 0 Å². The normalized spacial score (nSPS) is 19.7. The molecule has 0 aromatic heterocycles. The largest absolute Gasteiger partial charge is 0.389 e. The second kappa shape index (κ2) is 4.56. The van der Waals surface area contributed by atoms with E-state index >= 15 is 0 Å². The lowest BCUT2D eigenvalue weighted by Crippen LogP contribution is -2.43. The topological polar surface area (TPSA) is 32.3 Å². The average Bonchev–Trinajstić information content (AvgIpc) is 2.24. The van der Waals surface area contributed by atoms with Crippen LogP contribution in [0.3, 0.4) is 0 Å². The smallest absolute Gasteiger partial charge is 0.0712 e. The number of benzene rings is 1. The van der Waals surface area contributed by atoms with Gasteiger partial charge in [-0.1, -0.05) is 23.8 Å². The highest BCUT2D eigenvalue weighted by Gasteiger charge is 2.29. The first kappa shape index (κ1) is 11.6. The summed E-state index contributed by atoms with van der Waals surface area (Å²) in [6, 6.07) is 6.48. The fourth-order valence-corrected chi connectivity index (χ4v) is 2.41. The Balaban J connectivity index is 2.15. The number of piperidine rings is 1. The Hall–Kier alpha value is -0.860. The van der Waals surface area contributed by atoms with Crippen LogP contribution in [0.4, 0.5) is 0 Å². The molecule has 1 fully saturated rings. The van der Waals surface area contributed by atoms with Gasteiger partial charge in [0.15, 0.2) is 0 Å². The predicted molar refractivity (Wildman–Crippen MR) is 66.7 cm³/mol. The molecule has 1 saturated heterocycles. The molecule has 2 N–H and O–H groups in total. The predicted octanol–water partition coefficient (Wildman–Crippen LogP) is 1.96. The Kier molecular flexibility index (Phi) is 3.31. The van der Waals surface area contributed by atoms with Gasteiger partial charge in [-0.2, -0.15) is 0 Å². The van der Waals surface area contributed by atoms with Gasteiger partial charge in [0.2, 0.25) is 0 Å². The van der Waals surface area contributed by atoms with Crippen LogP contribution in [0, 0.1) is 13.8 Å². The zero-order valence-corrected chi connectivity index (χ0v) is 10.2. The van der Waals surface area contributed by atoms with Gasteiger partial charge in [0.05, 0.1) is 5.60 Å². The van der Waals surface area contributed by atoms with E-state index in [4.69, 9.17) is 0 Å². The molecular weight excluding hydrogens is 198 g/mol. The van der Waals surface area contributed by atoms with E-state index in [1.807, 2.05) is 0 Å². The molecule has 1 aliphatic heterocycles. The third-order valence-electron chi connectivity index (χ3n) is 3.56. The number of aliphatic hydroxyl groups is 1. The molecular formula is C14H21NO. The first-order valence-corrected chi connectivity index (χ1v) is 6.08. The first-order valence-electron chi connectivity index (χ1n) is 6.08. The van der Waals surface area contributed by atoms with Crippen LogP contribution in [0.1, 0.15) is 29.5 Å². The van der Waals surface area contributed by atoms with Crippen LogP contribution in [-0.4, -0.2) is 23.8 Å². The molecule has 1 aromatic carbocycles. The fraction of sp³-hybridized carbons (Fsp3) is 0.571. The van der Waals surface area contributed by atoms with E-state index in [0.717, 1.165) is 32.4 Å². The van der Waals surface area contributed by atoms with Gasteiger partial charge in [0.25, 0.3) is 0 Å². The molecule has 0 bridgehead atoms. The number of aryl methyl sites for hydroxylation is 2. The van der Waals surface area contributed by atoms with Gasteiger partial charge in [-0.3, -0.25) is 0 Å². The molecule has 2 nitrogen and oxygen atoms in total. The number of hydrogen-bond donors (Lipinski definition) is 2. The van der Waals surface area contributed by atoms with Gasteiger partial charge in [0, 0.05) is 6.42 Å². The fourth-order valence-electron chi connectivity index (χ4n) is 2.41. The van der Waals surface area contributed by atoms with Crippen LogP contribution >= 0.6 is 0 Å². The number of rotatable bonds is 2. The molecule has 0 amide bonds. The van der Waals surface area contributed by atoms with Crippen molar-refractivity contribution in [3.63, 3.8) is 0 Å². The third-order valence-corrected chi connectivity index (χ3v) is 3.56. The minimum atomic E-state index is -0.496. The molecule has 1 heterocycles. The van der Waals surface area contributed by atoms with Crippen molar-refractivity contribution in [2.75, 3.05) is 13.1 Å². The lowest BCUT2D eigenvalue weighted by atomic mass is 9.84. The highest BCUT2D eigenvalue weighted by Crippen LogP contribution is 2.25. The van der Waals surface area contributed by atoms with E-state index in [1.54, 1.807) is 0 Å². The van der Waals surface area contributed by atoms with Gasteiger partial charge in [-0.25, -0.2) is 0 Å². The van der Waals surface area contributed by atoms with Crippen LogP contribution < -0.4 is 5.32 Å². The zero-order chi connectivity index (χ0) is 11.6. The van der Waals surface area contributed by atoms with E-state index in [2.05, 4.69) is 37.4 Å². The van der Waals surface area contributed by atoms with E-state index in [0.29, 0.717) is 0 Å². The molecule has 0 spiro atoms. The summed E-state index contributed by atoms with van der Waals surface area (Å²) in [5, 5.41) is 13.8. The quantitative estimate of drug-likeness (QED) is 0.797. The number of hydrogen-bond acceptors (Lipinski definition) is 2. The maximum Gasteiger partial charge on any atom is 0.0712 e.